The number of nitrogens with one attached hydrogen (secondary N) is 1. The van der Waals surface area contributed by atoms with Crippen molar-refractivity contribution >= 4 is 34.4 Å². The Hall–Kier alpha value is -3.07. The minimum atomic E-state index is -0.746. The van der Waals surface area contributed by atoms with Gasteiger partial charge in [0, 0.05) is 12.6 Å². The summed E-state index contributed by atoms with van der Waals surface area (Å²) in [6, 6.07) is 7.63. The molecule has 0 unspecified atom stereocenters. The van der Waals surface area contributed by atoms with Gasteiger partial charge in [-0.05, 0) is 25.0 Å². The van der Waals surface area contributed by atoms with Crippen molar-refractivity contribution in [3.8, 4) is 0 Å². The second-order valence-electron chi connectivity index (χ2n) is 6.61. The summed E-state index contributed by atoms with van der Waals surface area (Å²) in [6.07, 6.45) is 3.38. The summed E-state index contributed by atoms with van der Waals surface area (Å²) in [5, 5.41) is 0.653. The van der Waals surface area contributed by atoms with Crippen molar-refractivity contribution in [3.05, 3.63) is 63.3 Å². The van der Waals surface area contributed by atoms with Crippen LogP contribution in [-0.2, 0) is 6.54 Å². The molecule has 2 aromatic heterocycles. The van der Waals surface area contributed by atoms with Crippen LogP contribution in [0.2, 0.25) is 0 Å². The number of para-hydroxylation sites is 2. The molecule has 0 spiro atoms. The fourth-order valence-corrected chi connectivity index (χ4v) is 4.10. The van der Waals surface area contributed by atoms with Gasteiger partial charge in [0.25, 0.3) is 5.56 Å². The Kier molecular flexibility index (Phi) is 4.68. The van der Waals surface area contributed by atoms with E-state index in [0.29, 0.717) is 11.7 Å². The zero-order chi connectivity index (χ0) is 19.8. The maximum absolute atomic E-state index is 12.8. The van der Waals surface area contributed by atoms with Gasteiger partial charge in [-0.25, -0.2) is 9.78 Å². The van der Waals surface area contributed by atoms with E-state index in [1.807, 2.05) is 28.8 Å². The Labute approximate surface area is 164 Å². The fourth-order valence-electron chi connectivity index (χ4n) is 3.20. The number of benzene rings is 1. The molecule has 0 aliphatic heterocycles. The molecule has 2 heterocycles. The molecular weight excluding hydrogens is 378 g/mol. The molecule has 1 saturated carbocycles. The van der Waals surface area contributed by atoms with Crippen LogP contribution in [0.5, 0.6) is 0 Å². The number of hydrogen-bond donors (Lipinski definition) is 2. The summed E-state index contributed by atoms with van der Waals surface area (Å²) in [6.45, 7) is 4.32. The normalized spacial score (nSPS) is 13.7. The zero-order valence-corrected chi connectivity index (χ0v) is 15.9. The Bertz CT molecular complexity index is 1200. The number of ketones is 1. The Morgan fingerprint density at radius 3 is 2.82 bits per heavy atom. The molecule has 0 bridgehead atoms. The molecule has 3 N–H and O–H groups in total. The predicted molar refractivity (Wildman–Crippen MR) is 109 cm³/mol. The van der Waals surface area contributed by atoms with Crippen LogP contribution in [0.3, 0.4) is 0 Å². The summed E-state index contributed by atoms with van der Waals surface area (Å²) in [4.78, 5) is 43.7. The van der Waals surface area contributed by atoms with Gasteiger partial charge in [-0.1, -0.05) is 30.0 Å². The monoisotopic (exact) mass is 397 g/mol. The molecule has 0 atom stereocenters. The van der Waals surface area contributed by atoms with Crippen LogP contribution in [0.25, 0.3) is 11.0 Å². The summed E-state index contributed by atoms with van der Waals surface area (Å²) in [5.74, 6) is -0.506. The van der Waals surface area contributed by atoms with Crippen LogP contribution in [0.4, 0.5) is 5.82 Å². The molecule has 0 saturated heterocycles. The first-order chi connectivity index (χ1) is 13.5. The Morgan fingerprint density at radius 2 is 2.11 bits per heavy atom. The van der Waals surface area contributed by atoms with Gasteiger partial charge >= 0.3 is 5.69 Å². The fraction of sp³-hybridized carbons (Fsp3) is 0.263. The SMILES string of the molecule is C=CCn1c(SCC(=O)c2c(N)n(C3CC3)c(=O)[nH]c2=O)nc2ccccc21. The molecule has 9 heteroatoms. The van der Waals surface area contributed by atoms with Gasteiger partial charge in [-0.3, -0.25) is 19.1 Å². The van der Waals surface area contributed by atoms with E-state index in [1.54, 1.807) is 6.08 Å². The number of nitrogens with two attached hydrogens (primary N) is 1. The summed E-state index contributed by atoms with van der Waals surface area (Å²) in [5.41, 5.74) is 6.30. The number of anilines is 1. The lowest BCUT2D eigenvalue weighted by Crippen LogP contribution is -2.36. The third kappa shape index (κ3) is 3.18. The van der Waals surface area contributed by atoms with Crippen molar-refractivity contribution in [2.45, 2.75) is 30.6 Å². The smallest absolute Gasteiger partial charge is 0.330 e. The Balaban J connectivity index is 1.64. The number of H-pyrrole nitrogens is 1. The van der Waals surface area contributed by atoms with Crippen LogP contribution in [0, 0.1) is 0 Å². The number of nitrogens with zero attached hydrogens (tertiary/aromatic N) is 3. The molecular formula is C19H19N5O3S. The maximum atomic E-state index is 12.8. The number of fused-ring (bicyclic) bond motifs is 1. The molecule has 0 radical (unpaired) electrons. The molecule has 28 heavy (non-hydrogen) atoms. The highest BCUT2D eigenvalue weighted by Crippen LogP contribution is 2.35. The van der Waals surface area contributed by atoms with Crippen LogP contribution in [-0.4, -0.2) is 30.6 Å². The average Bonchev–Trinajstić information content (AvgIpc) is 3.42. The van der Waals surface area contributed by atoms with E-state index in [1.165, 1.54) is 16.3 Å². The average molecular weight is 397 g/mol. The van der Waals surface area contributed by atoms with E-state index >= 15 is 0 Å². The number of rotatable bonds is 7. The van der Waals surface area contributed by atoms with Crippen molar-refractivity contribution < 1.29 is 4.79 Å². The number of carbonyl (C=O) groups is 1. The van der Waals surface area contributed by atoms with Crippen LogP contribution < -0.4 is 17.0 Å². The Morgan fingerprint density at radius 1 is 1.36 bits per heavy atom. The van der Waals surface area contributed by atoms with Gasteiger partial charge < -0.3 is 10.3 Å². The van der Waals surface area contributed by atoms with E-state index in [0.717, 1.165) is 23.9 Å². The van der Waals surface area contributed by atoms with E-state index in [9.17, 15) is 14.4 Å². The highest BCUT2D eigenvalue weighted by atomic mass is 32.2. The van der Waals surface area contributed by atoms with E-state index < -0.39 is 17.0 Å². The van der Waals surface area contributed by atoms with Crippen LogP contribution in [0.1, 0.15) is 29.2 Å². The number of hydrogen-bond acceptors (Lipinski definition) is 6. The molecule has 0 amide bonds. The first-order valence-electron chi connectivity index (χ1n) is 8.87. The zero-order valence-electron chi connectivity index (χ0n) is 15.1. The molecule has 3 aromatic rings. The third-order valence-corrected chi connectivity index (χ3v) is 5.61. The predicted octanol–water partition coefficient (Wildman–Crippen LogP) is 1.96. The van der Waals surface area contributed by atoms with Gasteiger partial charge in [-0.2, -0.15) is 0 Å². The number of carbonyl (C=O) groups excluding carboxylic acids is 1. The van der Waals surface area contributed by atoms with Gasteiger partial charge in [0.1, 0.15) is 11.4 Å². The molecule has 1 fully saturated rings. The number of imidazole rings is 1. The molecule has 1 aromatic carbocycles. The number of allylic oxidation sites excluding steroid dienone is 1. The number of aromatic amines is 1. The summed E-state index contributed by atoms with van der Waals surface area (Å²) in [7, 11) is 0. The maximum Gasteiger partial charge on any atom is 0.330 e. The lowest BCUT2D eigenvalue weighted by atomic mass is 10.2. The number of aromatic nitrogens is 4. The van der Waals surface area contributed by atoms with Gasteiger partial charge in [0.2, 0.25) is 0 Å². The summed E-state index contributed by atoms with van der Waals surface area (Å²) < 4.78 is 3.27. The van der Waals surface area contributed by atoms with Crippen molar-refractivity contribution in [3.63, 3.8) is 0 Å². The van der Waals surface area contributed by atoms with Gasteiger partial charge in [-0.15, -0.1) is 6.58 Å². The van der Waals surface area contributed by atoms with Crippen molar-refractivity contribution in [2.24, 2.45) is 0 Å². The highest BCUT2D eigenvalue weighted by molar-refractivity contribution is 7.99. The number of nitrogen functional groups attached to an aromatic ring is 1. The largest absolute Gasteiger partial charge is 0.384 e. The first kappa shape index (κ1) is 18.3. The van der Waals surface area contributed by atoms with Crippen molar-refractivity contribution in [1.82, 2.24) is 19.1 Å². The van der Waals surface area contributed by atoms with Crippen LogP contribution in [0.15, 0.2) is 51.7 Å². The lowest BCUT2D eigenvalue weighted by molar-refractivity contribution is 0.102. The van der Waals surface area contributed by atoms with Crippen molar-refractivity contribution in [1.29, 1.82) is 0 Å². The molecule has 4 rings (SSSR count). The molecule has 1 aliphatic rings. The second kappa shape index (κ2) is 7.16. The minimum absolute atomic E-state index is 0.0172. The topological polar surface area (TPSA) is 116 Å². The summed E-state index contributed by atoms with van der Waals surface area (Å²) >= 11 is 1.23. The highest BCUT2D eigenvalue weighted by Gasteiger charge is 2.30. The molecule has 8 nitrogen and oxygen atoms in total. The van der Waals surface area contributed by atoms with E-state index in [2.05, 4.69) is 16.5 Å². The van der Waals surface area contributed by atoms with Gasteiger partial charge in [0.05, 0.1) is 16.8 Å². The quantitative estimate of drug-likeness (QED) is 0.358. The van der Waals surface area contributed by atoms with E-state index in [-0.39, 0.29) is 23.2 Å². The molecule has 1 aliphatic carbocycles. The van der Waals surface area contributed by atoms with Crippen LogP contribution >= 0.6 is 11.8 Å². The number of thioether (sulfide) groups is 1. The number of Topliss-reactive ketones (excluding diaryl/α,β-unsaturated/α-hetero) is 1. The minimum Gasteiger partial charge on any atom is -0.384 e. The standard InChI is InChI=1S/C19H19N5O3S/c1-2-9-23-13-6-4-3-5-12(13)21-19(23)28-10-14(25)15-16(20)24(11-7-8-11)18(27)22-17(15)26/h2-6,11H,1,7-10,20H2,(H,22,26,27). The molecule has 144 valence electrons. The van der Waals surface area contributed by atoms with Gasteiger partial charge in [0.15, 0.2) is 10.9 Å². The van der Waals surface area contributed by atoms with E-state index in [4.69, 9.17) is 5.73 Å². The second-order valence-corrected chi connectivity index (χ2v) is 7.56. The first-order valence-corrected chi connectivity index (χ1v) is 9.86. The lowest BCUT2D eigenvalue weighted by Gasteiger charge is -2.11. The third-order valence-electron chi connectivity index (χ3n) is 4.64. The van der Waals surface area contributed by atoms with Crippen molar-refractivity contribution in [2.75, 3.05) is 11.5 Å².